The first-order chi connectivity index (χ1) is 13.8. The third-order valence-electron chi connectivity index (χ3n) is 7.23. The average Bonchev–Trinajstić information content (AvgIpc) is 3.07. The molecule has 2 aliphatic rings. The summed E-state index contributed by atoms with van der Waals surface area (Å²) in [4.78, 5) is 0. The molecule has 0 saturated heterocycles. The van der Waals surface area contributed by atoms with E-state index in [1.54, 1.807) is 0 Å². The molecule has 0 amide bonds. The van der Waals surface area contributed by atoms with E-state index in [1.807, 2.05) is 14.2 Å². The van der Waals surface area contributed by atoms with Gasteiger partial charge in [0, 0.05) is 25.6 Å². The van der Waals surface area contributed by atoms with Crippen molar-refractivity contribution in [2.24, 2.45) is 11.3 Å². The molecule has 0 bridgehead atoms. The number of ether oxygens (including phenoxy) is 2. The van der Waals surface area contributed by atoms with E-state index < -0.39 is 0 Å². The molecule has 0 unspecified atom stereocenters. The second-order valence-corrected chi connectivity index (χ2v) is 8.83. The highest BCUT2D eigenvalue weighted by Gasteiger charge is 2.40. The Hall–Kier alpha value is -1.64. The standard InChI is InChI=1S/C26H34O2/c1-27-18-26(19-28-2,20-10-4-3-5-11-20)17-16-25-23-14-8-6-12-21(23)22-13-7-9-15-24(22)25/h6-9,12-15,20,25H,3-5,10-11,16-19H2,1-2H3. The monoisotopic (exact) mass is 378 g/mol. The average molecular weight is 379 g/mol. The molecule has 0 N–H and O–H groups in total. The van der Waals surface area contributed by atoms with Gasteiger partial charge in [0.2, 0.25) is 0 Å². The lowest BCUT2D eigenvalue weighted by Crippen LogP contribution is -2.40. The van der Waals surface area contributed by atoms with Gasteiger partial charge in [0.15, 0.2) is 0 Å². The number of fused-ring (bicyclic) bond motifs is 3. The molecule has 0 spiro atoms. The predicted molar refractivity (Wildman–Crippen MR) is 116 cm³/mol. The van der Waals surface area contributed by atoms with Crippen molar-refractivity contribution in [3.8, 4) is 11.1 Å². The third kappa shape index (κ3) is 3.65. The Kier molecular flexibility index (Phi) is 6.18. The zero-order valence-corrected chi connectivity index (χ0v) is 17.5. The van der Waals surface area contributed by atoms with Crippen molar-refractivity contribution in [2.45, 2.75) is 50.9 Å². The zero-order chi connectivity index (χ0) is 19.4. The molecule has 28 heavy (non-hydrogen) atoms. The van der Waals surface area contributed by atoms with E-state index in [0.29, 0.717) is 11.8 Å². The van der Waals surface area contributed by atoms with E-state index in [-0.39, 0.29) is 5.41 Å². The molecule has 2 aromatic carbocycles. The maximum atomic E-state index is 5.79. The highest BCUT2D eigenvalue weighted by atomic mass is 16.5. The van der Waals surface area contributed by atoms with Crippen LogP contribution in [-0.4, -0.2) is 27.4 Å². The van der Waals surface area contributed by atoms with E-state index in [4.69, 9.17) is 9.47 Å². The Morgan fingerprint density at radius 1 is 0.786 bits per heavy atom. The zero-order valence-electron chi connectivity index (χ0n) is 17.5. The first-order valence-electron chi connectivity index (χ1n) is 10.9. The predicted octanol–water partition coefficient (Wildman–Crippen LogP) is 6.44. The second kappa shape index (κ2) is 8.80. The van der Waals surface area contributed by atoms with Gasteiger partial charge < -0.3 is 9.47 Å². The van der Waals surface area contributed by atoms with Gasteiger partial charge in [-0.25, -0.2) is 0 Å². The van der Waals surface area contributed by atoms with Gasteiger partial charge >= 0.3 is 0 Å². The summed E-state index contributed by atoms with van der Waals surface area (Å²) in [5.74, 6) is 1.21. The quantitative estimate of drug-likeness (QED) is 0.526. The molecule has 2 aromatic rings. The minimum atomic E-state index is 0.135. The fourth-order valence-corrected chi connectivity index (χ4v) is 5.92. The van der Waals surface area contributed by atoms with E-state index >= 15 is 0 Å². The number of hydrogen-bond donors (Lipinski definition) is 0. The Labute approximate surface area is 170 Å². The van der Waals surface area contributed by atoms with Crippen molar-refractivity contribution in [3.63, 3.8) is 0 Å². The fourth-order valence-electron chi connectivity index (χ4n) is 5.92. The third-order valence-corrected chi connectivity index (χ3v) is 7.23. The Morgan fingerprint density at radius 2 is 1.32 bits per heavy atom. The van der Waals surface area contributed by atoms with Crippen LogP contribution in [0.25, 0.3) is 11.1 Å². The molecule has 2 nitrogen and oxygen atoms in total. The Morgan fingerprint density at radius 3 is 1.86 bits per heavy atom. The SMILES string of the molecule is COCC(CCC1c2ccccc2-c2ccccc21)(COC)C1CCCCC1. The molecular formula is C26H34O2. The summed E-state index contributed by atoms with van der Waals surface area (Å²) >= 11 is 0. The summed E-state index contributed by atoms with van der Waals surface area (Å²) in [5.41, 5.74) is 5.97. The molecule has 0 aromatic heterocycles. The van der Waals surface area contributed by atoms with Crippen LogP contribution < -0.4 is 0 Å². The Bertz CT molecular complexity index is 724. The van der Waals surface area contributed by atoms with Gasteiger partial charge in [-0.1, -0.05) is 67.8 Å². The van der Waals surface area contributed by atoms with Crippen LogP contribution in [0.5, 0.6) is 0 Å². The highest BCUT2D eigenvalue weighted by Crippen LogP contribution is 2.50. The van der Waals surface area contributed by atoms with Gasteiger partial charge in [-0.05, 0) is 53.9 Å². The van der Waals surface area contributed by atoms with Crippen molar-refractivity contribution in [1.29, 1.82) is 0 Å². The molecule has 0 atom stereocenters. The van der Waals surface area contributed by atoms with Gasteiger partial charge in [0.25, 0.3) is 0 Å². The largest absolute Gasteiger partial charge is 0.384 e. The molecule has 2 aliphatic carbocycles. The molecule has 0 heterocycles. The summed E-state index contributed by atoms with van der Waals surface area (Å²) in [6.07, 6.45) is 9.07. The van der Waals surface area contributed by atoms with Gasteiger partial charge in [0.05, 0.1) is 13.2 Å². The maximum absolute atomic E-state index is 5.79. The molecule has 4 rings (SSSR count). The van der Waals surface area contributed by atoms with Crippen LogP contribution >= 0.6 is 0 Å². The Balaban J connectivity index is 1.61. The molecule has 1 saturated carbocycles. The molecular weight excluding hydrogens is 344 g/mol. The van der Waals surface area contributed by atoms with Crippen molar-refractivity contribution in [1.82, 2.24) is 0 Å². The number of benzene rings is 2. The number of methoxy groups -OCH3 is 2. The molecule has 150 valence electrons. The molecule has 0 aliphatic heterocycles. The van der Waals surface area contributed by atoms with Crippen LogP contribution in [-0.2, 0) is 9.47 Å². The van der Waals surface area contributed by atoms with Gasteiger partial charge in [-0.3, -0.25) is 0 Å². The minimum Gasteiger partial charge on any atom is -0.384 e. The van der Waals surface area contributed by atoms with Crippen LogP contribution in [0.3, 0.4) is 0 Å². The number of rotatable bonds is 8. The highest BCUT2D eigenvalue weighted by molar-refractivity contribution is 5.78. The second-order valence-electron chi connectivity index (χ2n) is 8.83. The fraction of sp³-hybridized carbons (Fsp3) is 0.538. The maximum Gasteiger partial charge on any atom is 0.0543 e. The molecule has 2 heteroatoms. The lowest BCUT2D eigenvalue weighted by atomic mass is 9.66. The van der Waals surface area contributed by atoms with Crippen LogP contribution in [0.1, 0.15) is 62.0 Å². The van der Waals surface area contributed by atoms with Gasteiger partial charge in [-0.15, -0.1) is 0 Å². The van der Waals surface area contributed by atoms with Gasteiger partial charge in [0.1, 0.15) is 0 Å². The van der Waals surface area contributed by atoms with Crippen molar-refractivity contribution in [3.05, 3.63) is 59.7 Å². The summed E-state index contributed by atoms with van der Waals surface area (Å²) < 4.78 is 11.6. The lowest BCUT2D eigenvalue weighted by molar-refractivity contribution is -0.0479. The normalized spacial score (nSPS) is 17.5. The van der Waals surface area contributed by atoms with Crippen LogP contribution in [0.2, 0.25) is 0 Å². The molecule has 0 radical (unpaired) electrons. The minimum absolute atomic E-state index is 0.135. The van der Waals surface area contributed by atoms with Crippen molar-refractivity contribution >= 4 is 0 Å². The van der Waals surface area contributed by atoms with Crippen LogP contribution in [0.15, 0.2) is 48.5 Å². The van der Waals surface area contributed by atoms with E-state index in [0.717, 1.165) is 26.1 Å². The van der Waals surface area contributed by atoms with Crippen LogP contribution in [0.4, 0.5) is 0 Å². The first-order valence-corrected chi connectivity index (χ1v) is 10.9. The van der Waals surface area contributed by atoms with Gasteiger partial charge in [-0.2, -0.15) is 0 Å². The van der Waals surface area contributed by atoms with E-state index in [1.165, 1.54) is 54.4 Å². The lowest BCUT2D eigenvalue weighted by Gasteiger charge is -2.42. The van der Waals surface area contributed by atoms with E-state index in [9.17, 15) is 0 Å². The number of hydrogen-bond acceptors (Lipinski definition) is 2. The summed E-state index contributed by atoms with van der Waals surface area (Å²) in [7, 11) is 3.71. The van der Waals surface area contributed by atoms with Crippen LogP contribution in [0, 0.1) is 11.3 Å². The van der Waals surface area contributed by atoms with E-state index in [2.05, 4.69) is 48.5 Å². The first kappa shape index (κ1) is 19.7. The van der Waals surface area contributed by atoms with Crippen molar-refractivity contribution in [2.75, 3.05) is 27.4 Å². The summed E-state index contributed by atoms with van der Waals surface area (Å²) in [6.45, 7) is 1.61. The molecule has 1 fully saturated rings. The summed E-state index contributed by atoms with van der Waals surface area (Å²) in [5, 5.41) is 0. The smallest absolute Gasteiger partial charge is 0.0543 e. The topological polar surface area (TPSA) is 18.5 Å². The van der Waals surface area contributed by atoms with Crippen molar-refractivity contribution < 1.29 is 9.47 Å². The summed E-state index contributed by atoms with van der Waals surface area (Å²) in [6, 6.07) is 17.9.